The molecule has 0 bridgehead atoms. The van der Waals surface area contributed by atoms with Crippen LogP contribution in [0, 0.1) is 0 Å². The van der Waals surface area contributed by atoms with Crippen molar-refractivity contribution in [2.45, 2.75) is 46.3 Å². The van der Waals surface area contributed by atoms with Crippen LogP contribution in [0.15, 0.2) is 78.4 Å². The number of ketones is 1. The van der Waals surface area contributed by atoms with Gasteiger partial charge in [0, 0.05) is 18.2 Å². The average Bonchev–Trinajstić information content (AvgIpc) is 3.14. The number of carbonyl (C=O) groups excluding carboxylic acids is 3. The summed E-state index contributed by atoms with van der Waals surface area (Å²) in [5.41, 5.74) is 2.56. The van der Waals surface area contributed by atoms with Crippen LogP contribution in [0.25, 0.3) is 5.76 Å². The molecule has 1 aliphatic heterocycles. The van der Waals surface area contributed by atoms with Crippen molar-refractivity contribution in [3.05, 3.63) is 95.1 Å². The molecule has 1 heterocycles. The molecule has 1 saturated heterocycles. The first-order valence-electron chi connectivity index (χ1n) is 12.1. The third-order valence-corrected chi connectivity index (χ3v) is 6.02. The zero-order valence-electron chi connectivity index (χ0n) is 21.2. The lowest BCUT2D eigenvalue weighted by Gasteiger charge is -2.25. The Labute approximate surface area is 215 Å². The lowest BCUT2D eigenvalue weighted by atomic mass is 9.95. The van der Waals surface area contributed by atoms with Crippen molar-refractivity contribution in [1.82, 2.24) is 0 Å². The number of amides is 1. The second-order valence-electron chi connectivity index (χ2n) is 9.04. The Hall–Kier alpha value is -4.39. The van der Waals surface area contributed by atoms with Gasteiger partial charge in [-0.25, -0.2) is 0 Å². The summed E-state index contributed by atoms with van der Waals surface area (Å²) in [7, 11) is 0. The van der Waals surface area contributed by atoms with Gasteiger partial charge < -0.3 is 14.6 Å². The molecule has 7 heteroatoms. The molecule has 1 fully saturated rings. The smallest absolute Gasteiger partial charge is 0.308 e. The standard InChI is InChI=1S/C30H29NO6/c1-5-20-6-12-23(13-7-20)31-27(21-8-14-25(15-9-21)37-19(4)32)26(29(34)30(31)35)28(33)22-10-16-24(17-11-22)36-18(2)3/h6-18,27,33H,5H2,1-4H3/b28-26+. The number of anilines is 1. The quantitative estimate of drug-likeness (QED) is 0.150. The second kappa shape index (κ2) is 10.7. The summed E-state index contributed by atoms with van der Waals surface area (Å²) in [5, 5.41) is 11.3. The van der Waals surface area contributed by atoms with Gasteiger partial charge in [-0.15, -0.1) is 0 Å². The van der Waals surface area contributed by atoms with Gasteiger partial charge in [0.25, 0.3) is 11.7 Å². The Kier molecular flexibility index (Phi) is 7.43. The van der Waals surface area contributed by atoms with Crippen LogP contribution in [0.5, 0.6) is 11.5 Å². The highest BCUT2D eigenvalue weighted by atomic mass is 16.5. The summed E-state index contributed by atoms with van der Waals surface area (Å²) in [4.78, 5) is 39.4. The number of benzene rings is 3. The highest BCUT2D eigenvalue weighted by Crippen LogP contribution is 2.42. The summed E-state index contributed by atoms with van der Waals surface area (Å²) in [5.74, 6) is -1.30. The van der Waals surface area contributed by atoms with E-state index in [1.165, 1.54) is 11.8 Å². The van der Waals surface area contributed by atoms with Gasteiger partial charge in [-0.1, -0.05) is 31.2 Å². The number of aliphatic hydroxyl groups excluding tert-OH is 1. The first kappa shape index (κ1) is 25.7. The van der Waals surface area contributed by atoms with Crippen LogP contribution in [0.4, 0.5) is 5.69 Å². The summed E-state index contributed by atoms with van der Waals surface area (Å²) in [6.07, 6.45) is 0.815. The summed E-state index contributed by atoms with van der Waals surface area (Å²) in [6, 6.07) is 19.8. The topological polar surface area (TPSA) is 93.1 Å². The zero-order chi connectivity index (χ0) is 26.7. The predicted molar refractivity (Wildman–Crippen MR) is 141 cm³/mol. The first-order chi connectivity index (χ1) is 17.7. The Morgan fingerprint density at radius 1 is 0.919 bits per heavy atom. The monoisotopic (exact) mass is 499 g/mol. The molecule has 0 aromatic heterocycles. The fourth-order valence-corrected chi connectivity index (χ4v) is 4.31. The van der Waals surface area contributed by atoms with E-state index in [0.717, 1.165) is 12.0 Å². The zero-order valence-corrected chi connectivity index (χ0v) is 21.2. The van der Waals surface area contributed by atoms with Gasteiger partial charge in [0.05, 0.1) is 17.7 Å². The molecule has 3 aromatic carbocycles. The number of aliphatic hydroxyl groups is 1. The Morgan fingerprint density at radius 2 is 1.51 bits per heavy atom. The molecular formula is C30H29NO6. The number of esters is 1. The van der Waals surface area contributed by atoms with Crippen LogP contribution in [-0.4, -0.2) is 28.9 Å². The van der Waals surface area contributed by atoms with E-state index in [1.54, 1.807) is 60.7 Å². The van der Waals surface area contributed by atoms with Gasteiger partial charge in [-0.05, 0) is 79.9 Å². The molecule has 0 saturated carbocycles. The van der Waals surface area contributed by atoms with Crippen molar-refractivity contribution in [2.75, 3.05) is 4.90 Å². The maximum Gasteiger partial charge on any atom is 0.308 e. The highest BCUT2D eigenvalue weighted by molar-refractivity contribution is 6.51. The molecule has 1 aliphatic rings. The third-order valence-electron chi connectivity index (χ3n) is 6.02. The van der Waals surface area contributed by atoms with Crippen LogP contribution in [0.3, 0.4) is 0 Å². The van der Waals surface area contributed by atoms with E-state index < -0.39 is 23.7 Å². The molecule has 1 N–H and O–H groups in total. The minimum absolute atomic E-state index is 0.0150. The van der Waals surface area contributed by atoms with E-state index in [0.29, 0.717) is 28.3 Å². The molecule has 1 atom stereocenters. The van der Waals surface area contributed by atoms with Crippen molar-refractivity contribution in [3.63, 3.8) is 0 Å². The number of ether oxygens (including phenoxy) is 2. The molecule has 4 rings (SSSR count). The molecule has 0 spiro atoms. The summed E-state index contributed by atoms with van der Waals surface area (Å²) >= 11 is 0. The van der Waals surface area contributed by atoms with Gasteiger partial charge in [-0.3, -0.25) is 19.3 Å². The van der Waals surface area contributed by atoms with Crippen LogP contribution >= 0.6 is 0 Å². The van der Waals surface area contributed by atoms with E-state index in [1.807, 2.05) is 32.9 Å². The molecule has 3 aromatic rings. The van der Waals surface area contributed by atoms with Crippen LogP contribution in [-0.2, 0) is 20.8 Å². The minimum Gasteiger partial charge on any atom is -0.507 e. The largest absolute Gasteiger partial charge is 0.507 e. The van der Waals surface area contributed by atoms with E-state index in [-0.39, 0.29) is 17.4 Å². The lowest BCUT2D eigenvalue weighted by molar-refractivity contribution is -0.132. The van der Waals surface area contributed by atoms with Crippen molar-refractivity contribution in [3.8, 4) is 11.5 Å². The van der Waals surface area contributed by atoms with Gasteiger partial charge >= 0.3 is 5.97 Å². The van der Waals surface area contributed by atoms with Gasteiger partial charge in [-0.2, -0.15) is 0 Å². The lowest BCUT2D eigenvalue weighted by Crippen LogP contribution is -2.29. The van der Waals surface area contributed by atoms with E-state index in [4.69, 9.17) is 9.47 Å². The Balaban J connectivity index is 1.83. The molecular weight excluding hydrogens is 470 g/mol. The van der Waals surface area contributed by atoms with E-state index in [2.05, 4.69) is 0 Å². The van der Waals surface area contributed by atoms with Crippen molar-refractivity contribution < 1.29 is 29.0 Å². The van der Waals surface area contributed by atoms with Crippen molar-refractivity contribution in [2.24, 2.45) is 0 Å². The SMILES string of the molecule is CCc1ccc(N2C(=O)C(=O)/C(=C(/O)c3ccc(OC(C)C)cc3)C2c2ccc(OC(C)=O)cc2)cc1. The van der Waals surface area contributed by atoms with Crippen LogP contribution in [0.2, 0.25) is 0 Å². The molecule has 0 aliphatic carbocycles. The molecule has 37 heavy (non-hydrogen) atoms. The number of hydrogen-bond acceptors (Lipinski definition) is 6. The number of hydrogen-bond donors (Lipinski definition) is 1. The average molecular weight is 500 g/mol. The second-order valence-corrected chi connectivity index (χ2v) is 9.04. The fraction of sp³-hybridized carbons (Fsp3) is 0.233. The van der Waals surface area contributed by atoms with Gasteiger partial charge in [0.2, 0.25) is 0 Å². The summed E-state index contributed by atoms with van der Waals surface area (Å²) < 4.78 is 10.8. The molecule has 0 radical (unpaired) electrons. The molecule has 7 nitrogen and oxygen atoms in total. The number of rotatable bonds is 7. The van der Waals surface area contributed by atoms with E-state index >= 15 is 0 Å². The van der Waals surface area contributed by atoms with Gasteiger partial charge in [0.1, 0.15) is 17.3 Å². The first-order valence-corrected chi connectivity index (χ1v) is 12.1. The predicted octanol–water partition coefficient (Wildman–Crippen LogP) is 5.59. The van der Waals surface area contributed by atoms with Crippen LogP contribution < -0.4 is 14.4 Å². The van der Waals surface area contributed by atoms with Gasteiger partial charge in [0.15, 0.2) is 0 Å². The molecule has 1 amide bonds. The fourth-order valence-electron chi connectivity index (χ4n) is 4.31. The van der Waals surface area contributed by atoms with E-state index in [9.17, 15) is 19.5 Å². The highest BCUT2D eigenvalue weighted by Gasteiger charge is 2.47. The maximum absolute atomic E-state index is 13.3. The minimum atomic E-state index is -0.884. The number of carbonyl (C=O) groups is 3. The summed E-state index contributed by atoms with van der Waals surface area (Å²) in [6.45, 7) is 7.16. The molecule has 1 unspecified atom stereocenters. The van der Waals surface area contributed by atoms with Crippen molar-refractivity contribution >= 4 is 29.1 Å². The Bertz CT molecular complexity index is 1340. The third kappa shape index (κ3) is 5.40. The number of Topliss-reactive ketones (excluding diaryl/α,β-unsaturated/α-hetero) is 1. The Morgan fingerprint density at radius 3 is 2.05 bits per heavy atom. The molecule has 190 valence electrons. The van der Waals surface area contributed by atoms with Crippen LogP contribution in [0.1, 0.15) is 50.4 Å². The maximum atomic E-state index is 13.3. The van der Waals surface area contributed by atoms with Crippen molar-refractivity contribution in [1.29, 1.82) is 0 Å². The normalized spacial score (nSPS) is 16.8. The number of nitrogens with zero attached hydrogens (tertiary/aromatic N) is 1. The number of aryl methyl sites for hydroxylation is 1.